The Bertz CT molecular complexity index is 787. The third-order valence-corrected chi connectivity index (χ3v) is 3.89. The lowest BCUT2D eigenvalue weighted by atomic mass is 10.1. The van der Waals surface area contributed by atoms with E-state index in [1.807, 2.05) is 36.4 Å². The highest BCUT2D eigenvalue weighted by molar-refractivity contribution is 7.99. The molecule has 0 aliphatic carbocycles. The summed E-state index contributed by atoms with van der Waals surface area (Å²) < 4.78 is 1.62. The Balaban J connectivity index is 2.15. The molecule has 0 radical (unpaired) electrons. The first-order chi connectivity index (χ1) is 9.29. The quantitative estimate of drug-likeness (QED) is 0.713. The number of fused-ring (bicyclic) bond motifs is 1. The average Bonchev–Trinajstić information content (AvgIpc) is 2.85. The number of aryl methyl sites for hydroxylation is 1. The zero-order valence-corrected chi connectivity index (χ0v) is 10.9. The van der Waals surface area contributed by atoms with Crippen molar-refractivity contribution in [2.75, 3.05) is 0 Å². The highest BCUT2D eigenvalue weighted by Crippen LogP contribution is 2.33. The first-order valence-corrected chi connectivity index (χ1v) is 6.43. The Morgan fingerprint density at radius 1 is 1.16 bits per heavy atom. The number of benzene rings is 2. The standard InChI is InChI=1S/C13H9N5S/c1-18-13(15-16-17-18)19-12-7-6-9(8-14)10-4-2-3-5-11(10)12/h2-7H,1H3. The summed E-state index contributed by atoms with van der Waals surface area (Å²) in [4.78, 5) is 1.03. The van der Waals surface area contributed by atoms with Gasteiger partial charge in [-0.05, 0) is 39.7 Å². The molecule has 0 saturated carbocycles. The van der Waals surface area contributed by atoms with E-state index >= 15 is 0 Å². The molecule has 0 fully saturated rings. The van der Waals surface area contributed by atoms with E-state index in [1.165, 1.54) is 11.8 Å². The second-order valence-electron chi connectivity index (χ2n) is 3.96. The normalized spacial score (nSPS) is 10.5. The van der Waals surface area contributed by atoms with Crippen molar-refractivity contribution in [3.63, 3.8) is 0 Å². The average molecular weight is 267 g/mol. The van der Waals surface area contributed by atoms with E-state index in [-0.39, 0.29) is 0 Å². The molecule has 0 N–H and O–H groups in total. The summed E-state index contributed by atoms with van der Waals surface area (Å²) in [5.74, 6) is 0. The van der Waals surface area contributed by atoms with Crippen LogP contribution in [0, 0.1) is 11.3 Å². The molecular weight excluding hydrogens is 258 g/mol. The van der Waals surface area contributed by atoms with Crippen LogP contribution in [0.2, 0.25) is 0 Å². The van der Waals surface area contributed by atoms with Crippen molar-refractivity contribution in [2.24, 2.45) is 7.05 Å². The molecule has 0 atom stereocenters. The Labute approximate surface area is 113 Å². The molecule has 19 heavy (non-hydrogen) atoms. The fourth-order valence-electron chi connectivity index (χ4n) is 1.86. The lowest BCUT2D eigenvalue weighted by molar-refractivity contribution is 0.664. The van der Waals surface area contributed by atoms with Gasteiger partial charge in [0.15, 0.2) is 0 Å². The number of hydrogen-bond acceptors (Lipinski definition) is 5. The molecule has 5 nitrogen and oxygen atoms in total. The van der Waals surface area contributed by atoms with E-state index in [9.17, 15) is 0 Å². The maximum Gasteiger partial charge on any atom is 0.213 e. The minimum absolute atomic E-state index is 0.677. The number of hydrogen-bond donors (Lipinski definition) is 0. The molecule has 0 bridgehead atoms. The largest absolute Gasteiger partial charge is 0.223 e. The van der Waals surface area contributed by atoms with Gasteiger partial charge in [-0.2, -0.15) is 5.26 Å². The van der Waals surface area contributed by atoms with Gasteiger partial charge in [0.05, 0.1) is 11.6 Å². The zero-order chi connectivity index (χ0) is 13.2. The molecule has 1 aromatic heterocycles. The van der Waals surface area contributed by atoms with Gasteiger partial charge in [-0.15, -0.1) is 5.10 Å². The topological polar surface area (TPSA) is 67.4 Å². The highest BCUT2D eigenvalue weighted by atomic mass is 32.2. The summed E-state index contributed by atoms with van der Waals surface area (Å²) in [6, 6.07) is 13.8. The zero-order valence-electron chi connectivity index (χ0n) is 10.1. The molecule has 0 aliphatic heterocycles. The van der Waals surface area contributed by atoms with Crippen molar-refractivity contribution in [1.82, 2.24) is 20.2 Å². The van der Waals surface area contributed by atoms with E-state index in [1.54, 1.807) is 11.7 Å². The molecule has 92 valence electrons. The summed E-state index contributed by atoms with van der Waals surface area (Å²) >= 11 is 1.49. The number of nitriles is 1. The Hall–Kier alpha value is -2.39. The van der Waals surface area contributed by atoms with E-state index in [0.29, 0.717) is 5.56 Å². The predicted molar refractivity (Wildman–Crippen MR) is 71.6 cm³/mol. The monoisotopic (exact) mass is 267 g/mol. The van der Waals surface area contributed by atoms with Gasteiger partial charge in [0, 0.05) is 17.3 Å². The van der Waals surface area contributed by atoms with Crippen molar-refractivity contribution in [1.29, 1.82) is 5.26 Å². The van der Waals surface area contributed by atoms with Crippen molar-refractivity contribution in [3.8, 4) is 6.07 Å². The molecule has 0 saturated heterocycles. The van der Waals surface area contributed by atoms with Gasteiger partial charge in [-0.1, -0.05) is 24.3 Å². The third kappa shape index (κ3) is 2.04. The molecule has 0 spiro atoms. The van der Waals surface area contributed by atoms with Crippen LogP contribution >= 0.6 is 11.8 Å². The van der Waals surface area contributed by atoms with E-state index < -0.39 is 0 Å². The van der Waals surface area contributed by atoms with Crippen molar-refractivity contribution in [3.05, 3.63) is 42.0 Å². The molecule has 6 heteroatoms. The van der Waals surface area contributed by atoms with Crippen LogP contribution in [0.1, 0.15) is 5.56 Å². The molecule has 3 aromatic rings. The second kappa shape index (κ2) is 4.71. The number of nitrogens with zero attached hydrogens (tertiary/aromatic N) is 5. The van der Waals surface area contributed by atoms with Gasteiger partial charge in [0.25, 0.3) is 0 Å². The van der Waals surface area contributed by atoms with Gasteiger partial charge in [-0.25, -0.2) is 4.68 Å². The van der Waals surface area contributed by atoms with E-state index in [0.717, 1.165) is 20.8 Å². The van der Waals surface area contributed by atoms with Crippen LogP contribution in [-0.4, -0.2) is 20.2 Å². The van der Waals surface area contributed by atoms with Gasteiger partial charge in [0.2, 0.25) is 5.16 Å². The minimum Gasteiger partial charge on any atom is -0.223 e. The van der Waals surface area contributed by atoms with Gasteiger partial charge in [0.1, 0.15) is 0 Å². The van der Waals surface area contributed by atoms with Crippen LogP contribution in [0.5, 0.6) is 0 Å². The van der Waals surface area contributed by atoms with Crippen LogP contribution in [0.3, 0.4) is 0 Å². The molecule has 0 unspecified atom stereocenters. The Morgan fingerprint density at radius 2 is 1.95 bits per heavy atom. The fourth-order valence-corrected chi connectivity index (χ4v) is 2.73. The van der Waals surface area contributed by atoms with Gasteiger partial charge >= 0.3 is 0 Å². The Morgan fingerprint density at radius 3 is 2.63 bits per heavy atom. The van der Waals surface area contributed by atoms with Crippen LogP contribution in [0.15, 0.2) is 46.5 Å². The minimum atomic E-state index is 0.677. The number of rotatable bonds is 2. The van der Waals surface area contributed by atoms with Gasteiger partial charge in [-0.3, -0.25) is 0 Å². The van der Waals surface area contributed by atoms with Crippen molar-refractivity contribution in [2.45, 2.75) is 10.1 Å². The number of tetrazole rings is 1. The lowest BCUT2D eigenvalue weighted by Gasteiger charge is -2.06. The molecule has 3 rings (SSSR count). The number of aromatic nitrogens is 4. The van der Waals surface area contributed by atoms with Crippen LogP contribution in [0.25, 0.3) is 10.8 Å². The SMILES string of the molecule is Cn1nnnc1Sc1ccc(C#N)c2ccccc12. The molecule has 0 amide bonds. The predicted octanol–water partition coefficient (Wildman–Crippen LogP) is 2.39. The second-order valence-corrected chi connectivity index (χ2v) is 4.96. The maximum atomic E-state index is 9.13. The fraction of sp³-hybridized carbons (Fsp3) is 0.0769. The third-order valence-electron chi connectivity index (χ3n) is 2.79. The molecule has 2 aromatic carbocycles. The van der Waals surface area contributed by atoms with E-state index in [4.69, 9.17) is 5.26 Å². The van der Waals surface area contributed by atoms with Crippen molar-refractivity contribution >= 4 is 22.5 Å². The van der Waals surface area contributed by atoms with Crippen LogP contribution < -0.4 is 0 Å². The highest BCUT2D eigenvalue weighted by Gasteiger charge is 2.10. The van der Waals surface area contributed by atoms with Crippen LogP contribution in [0.4, 0.5) is 0 Å². The lowest BCUT2D eigenvalue weighted by Crippen LogP contribution is -1.93. The van der Waals surface area contributed by atoms with Gasteiger partial charge < -0.3 is 0 Å². The Kier molecular flexibility index (Phi) is 2.89. The van der Waals surface area contributed by atoms with Crippen LogP contribution in [-0.2, 0) is 7.05 Å². The summed E-state index contributed by atoms with van der Waals surface area (Å²) in [7, 11) is 1.80. The summed E-state index contributed by atoms with van der Waals surface area (Å²) in [5, 5.41) is 23.2. The maximum absolute atomic E-state index is 9.13. The smallest absolute Gasteiger partial charge is 0.213 e. The summed E-state index contributed by atoms with van der Waals surface area (Å²) in [5.41, 5.74) is 0.677. The molecule has 0 aliphatic rings. The summed E-state index contributed by atoms with van der Waals surface area (Å²) in [6.45, 7) is 0. The molecule has 1 heterocycles. The first kappa shape index (κ1) is 11.7. The molecular formula is C13H9N5S. The summed E-state index contributed by atoms with van der Waals surface area (Å²) in [6.07, 6.45) is 0. The first-order valence-electron chi connectivity index (χ1n) is 5.61. The van der Waals surface area contributed by atoms with E-state index in [2.05, 4.69) is 21.6 Å². The van der Waals surface area contributed by atoms with Crippen molar-refractivity contribution < 1.29 is 0 Å².